The zero-order chi connectivity index (χ0) is 23.5. The fourth-order valence-corrected chi connectivity index (χ4v) is 4.71. The van der Waals surface area contributed by atoms with Crippen LogP contribution in [0.15, 0.2) is 84.8 Å². The molecule has 0 spiro atoms. The molecule has 0 N–H and O–H groups in total. The summed E-state index contributed by atoms with van der Waals surface area (Å²) in [5, 5.41) is 11.0. The molecule has 0 atom stereocenters. The van der Waals surface area contributed by atoms with Crippen molar-refractivity contribution in [1.82, 2.24) is 0 Å². The van der Waals surface area contributed by atoms with Gasteiger partial charge < -0.3 is 9.47 Å². The van der Waals surface area contributed by atoms with Gasteiger partial charge in [-0.2, -0.15) is 0 Å². The molecule has 0 saturated heterocycles. The SMILES string of the molecule is O=C1OC(c2ccc(Br)cc2)=N/C1=C\c1cc(Br)c(OCc2cccc([N+](=O)[O-])c2)c(Br)c1. The Hall–Kier alpha value is -2.82. The van der Waals surface area contributed by atoms with E-state index in [-0.39, 0.29) is 23.9 Å². The lowest BCUT2D eigenvalue weighted by Crippen LogP contribution is -2.05. The molecule has 0 aromatic heterocycles. The summed E-state index contributed by atoms with van der Waals surface area (Å²) >= 11 is 10.3. The van der Waals surface area contributed by atoms with E-state index in [9.17, 15) is 14.9 Å². The van der Waals surface area contributed by atoms with Crippen molar-refractivity contribution >= 4 is 71.4 Å². The van der Waals surface area contributed by atoms with Crippen LogP contribution in [0.4, 0.5) is 5.69 Å². The number of esters is 1. The van der Waals surface area contributed by atoms with Gasteiger partial charge in [0.15, 0.2) is 5.70 Å². The van der Waals surface area contributed by atoms with Crippen molar-refractivity contribution in [2.75, 3.05) is 0 Å². The number of carbonyl (C=O) groups is 1. The van der Waals surface area contributed by atoms with E-state index in [0.29, 0.717) is 31.4 Å². The summed E-state index contributed by atoms with van der Waals surface area (Å²) in [6, 6.07) is 17.1. The molecular weight excluding hydrogens is 624 g/mol. The fraction of sp³-hybridized carbons (Fsp3) is 0.0435. The molecule has 4 rings (SSSR count). The van der Waals surface area contributed by atoms with Crippen LogP contribution in [-0.4, -0.2) is 16.8 Å². The molecule has 10 heteroatoms. The first-order chi connectivity index (χ1) is 15.8. The van der Waals surface area contributed by atoms with Gasteiger partial charge in [-0.3, -0.25) is 10.1 Å². The maximum absolute atomic E-state index is 12.3. The number of nitro benzene ring substituents is 1. The van der Waals surface area contributed by atoms with Crippen molar-refractivity contribution in [1.29, 1.82) is 0 Å². The second-order valence-corrected chi connectivity index (χ2v) is 9.50. The summed E-state index contributed by atoms with van der Waals surface area (Å²) in [6.07, 6.45) is 1.62. The fourth-order valence-electron chi connectivity index (χ4n) is 3.00. The first kappa shape index (κ1) is 23.3. The summed E-state index contributed by atoms with van der Waals surface area (Å²) < 4.78 is 13.3. The number of halogens is 3. The number of rotatable bonds is 6. The second-order valence-electron chi connectivity index (χ2n) is 6.87. The molecule has 1 aliphatic heterocycles. The summed E-state index contributed by atoms with van der Waals surface area (Å²) in [4.78, 5) is 27.1. The van der Waals surface area contributed by atoms with Crippen LogP contribution >= 0.6 is 47.8 Å². The van der Waals surface area contributed by atoms with Crippen LogP contribution in [0.2, 0.25) is 0 Å². The van der Waals surface area contributed by atoms with Gasteiger partial charge in [0.05, 0.1) is 13.9 Å². The maximum Gasteiger partial charge on any atom is 0.363 e. The van der Waals surface area contributed by atoms with Crippen molar-refractivity contribution in [3.05, 3.63) is 107 Å². The van der Waals surface area contributed by atoms with E-state index >= 15 is 0 Å². The Balaban J connectivity index is 1.54. The minimum Gasteiger partial charge on any atom is -0.487 e. The van der Waals surface area contributed by atoms with Crippen LogP contribution in [0, 0.1) is 10.1 Å². The number of nitrogens with zero attached hydrogens (tertiary/aromatic N) is 2. The Morgan fingerprint density at radius 3 is 2.39 bits per heavy atom. The lowest BCUT2D eigenvalue weighted by atomic mass is 10.2. The van der Waals surface area contributed by atoms with Gasteiger partial charge in [-0.05, 0) is 85.5 Å². The lowest BCUT2D eigenvalue weighted by Gasteiger charge is -2.11. The third-order valence-electron chi connectivity index (χ3n) is 4.54. The molecular formula is C23H13Br3N2O5. The van der Waals surface area contributed by atoms with Crippen molar-refractivity contribution in [3.8, 4) is 5.75 Å². The number of carbonyl (C=O) groups excluding carboxylic acids is 1. The summed E-state index contributed by atoms with van der Waals surface area (Å²) in [5.41, 5.74) is 2.24. The molecule has 0 unspecified atom stereocenters. The number of aliphatic imine (C=N–C) groups is 1. The Morgan fingerprint density at radius 1 is 1.03 bits per heavy atom. The highest BCUT2D eigenvalue weighted by atomic mass is 79.9. The molecule has 1 aliphatic rings. The topological polar surface area (TPSA) is 91.0 Å². The molecule has 0 bridgehead atoms. The second kappa shape index (κ2) is 9.98. The van der Waals surface area contributed by atoms with Gasteiger partial charge in [-0.25, -0.2) is 9.79 Å². The van der Waals surface area contributed by atoms with E-state index in [1.54, 1.807) is 42.5 Å². The normalized spacial score (nSPS) is 14.2. The number of cyclic esters (lactones) is 1. The van der Waals surface area contributed by atoms with Gasteiger partial charge in [-0.1, -0.05) is 28.1 Å². The van der Waals surface area contributed by atoms with E-state index in [0.717, 1.165) is 4.47 Å². The van der Waals surface area contributed by atoms with Crippen LogP contribution in [0.1, 0.15) is 16.7 Å². The molecule has 33 heavy (non-hydrogen) atoms. The zero-order valence-corrected chi connectivity index (χ0v) is 21.4. The molecule has 0 amide bonds. The van der Waals surface area contributed by atoms with Gasteiger partial charge in [0.2, 0.25) is 5.90 Å². The molecule has 166 valence electrons. The van der Waals surface area contributed by atoms with E-state index in [1.807, 2.05) is 12.1 Å². The van der Waals surface area contributed by atoms with Crippen LogP contribution in [0.25, 0.3) is 6.08 Å². The molecule has 0 saturated carbocycles. The van der Waals surface area contributed by atoms with E-state index < -0.39 is 10.9 Å². The van der Waals surface area contributed by atoms with Crippen molar-refractivity contribution in [2.24, 2.45) is 4.99 Å². The van der Waals surface area contributed by atoms with Crippen LogP contribution in [0.5, 0.6) is 5.75 Å². The Morgan fingerprint density at radius 2 is 1.73 bits per heavy atom. The third-order valence-corrected chi connectivity index (χ3v) is 6.25. The average molecular weight is 637 g/mol. The number of ether oxygens (including phenoxy) is 2. The standard InChI is InChI=1S/C23H13Br3N2O5/c24-16-6-4-15(5-7-16)22-27-20(23(29)33-22)11-14-9-18(25)21(19(26)10-14)32-12-13-2-1-3-17(8-13)28(30)31/h1-11H,12H2/b20-11-. The summed E-state index contributed by atoms with van der Waals surface area (Å²) in [7, 11) is 0. The van der Waals surface area contributed by atoms with Crippen molar-refractivity contribution in [3.63, 3.8) is 0 Å². The molecule has 0 aliphatic carbocycles. The van der Waals surface area contributed by atoms with E-state index in [2.05, 4.69) is 52.8 Å². The van der Waals surface area contributed by atoms with Crippen LogP contribution in [-0.2, 0) is 16.1 Å². The van der Waals surface area contributed by atoms with Gasteiger partial charge >= 0.3 is 5.97 Å². The Bertz CT molecular complexity index is 1300. The number of hydrogen-bond acceptors (Lipinski definition) is 6. The smallest absolute Gasteiger partial charge is 0.363 e. The molecule has 3 aromatic carbocycles. The Kier molecular flexibility index (Phi) is 7.06. The van der Waals surface area contributed by atoms with E-state index in [1.165, 1.54) is 12.1 Å². The zero-order valence-electron chi connectivity index (χ0n) is 16.6. The minimum absolute atomic E-state index is 0.00251. The van der Waals surface area contributed by atoms with Crippen LogP contribution in [0.3, 0.4) is 0 Å². The highest BCUT2D eigenvalue weighted by Gasteiger charge is 2.24. The van der Waals surface area contributed by atoms with Gasteiger partial charge in [0, 0.05) is 22.2 Å². The predicted molar refractivity (Wildman–Crippen MR) is 134 cm³/mol. The summed E-state index contributed by atoms with van der Waals surface area (Å²) in [6.45, 7) is 0.145. The van der Waals surface area contributed by atoms with E-state index in [4.69, 9.17) is 9.47 Å². The minimum atomic E-state index is -0.536. The third kappa shape index (κ3) is 5.58. The Labute approximate surface area is 213 Å². The molecule has 1 heterocycles. The highest BCUT2D eigenvalue weighted by Crippen LogP contribution is 2.36. The monoisotopic (exact) mass is 634 g/mol. The van der Waals surface area contributed by atoms with Gasteiger partial charge in [-0.15, -0.1) is 0 Å². The quantitative estimate of drug-likeness (QED) is 0.128. The number of nitro groups is 1. The van der Waals surface area contributed by atoms with Gasteiger partial charge in [0.25, 0.3) is 5.69 Å². The maximum atomic E-state index is 12.3. The number of benzene rings is 3. The molecule has 0 fully saturated rings. The average Bonchev–Trinajstić information content (AvgIpc) is 3.14. The van der Waals surface area contributed by atoms with Gasteiger partial charge in [0.1, 0.15) is 12.4 Å². The van der Waals surface area contributed by atoms with Crippen molar-refractivity contribution < 1.29 is 19.2 Å². The predicted octanol–water partition coefficient (Wildman–Crippen LogP) is 6.81. The number of hydrogen-bond donors (Lipinski definition) is 0. The molecule has 7 nitrogen and oxygen atoms in total. The lowest BCUT2D eigenvalue weighted by molar-refractivity contribution is -0.384. The molecule has 0 radical (unpaired) electrons. The van der Waals surface area contributed by atoms with Crippen LogP contribution < -0.4 is 4.74 Å². The first-order valence-electron chi connectivity index (χ1n) is 9.44. The number of non-ortho nitro benzene ring substituents is 1. The highest BCUT2D eigenvalue weighted by molar-refractivity contribution is 9.11. The summed E-state index contributed by atoms with van der Waals surface area (Å²) in [5.74, 6) is 0.233. The van der Waals surface area contributed by atoms with Crippen molar-refractivity contribution in [2.45, 2.75) is 6.61 Å². The molecule has 3 aromatic rings. The largest absolute Gasteiger partial charge is 0.487 e. The first-order valence-corrected chi connectivity index (χ1v) is 11.8.